The van der Waals surface area contributed by atoms with E-state index < -0.39 is 28.5 Å². The highest BCUT2D eigenvalue weighted by Crippen LogP contribution is 2.27. The fourth-order valence-corrected chi connectivity index (χ4v) is 5.61. The number of nitrogens with one attached hydrogen (secondary N) is 1. The number of benzene rings is 3. The molecule has 3 aromatic carbocycles. The molecule has 0 aliphatic rings. The minimum absolute atomic E-state index is 0.0333. The SMILES string of the molecule is CCCNC(=O)C(C)N(Cc1cccc(Cl)c1)C(=O)CN(c1cccc(Cl)c1)S(=O)(=O)c1ccc(C)cc1. The van der Waals surface area contributed by atoms with Crippen molar-refractivity contribution in [3.8, 4) is 0 Å². The van der Waals surface area contributed by atoms with Gasteiger partial charge in [-0.25, -0.2) is 8.42 Å². The summed E-state index contributed by atoms with van der Waals surface area (Å²) in [5.41, 5.74) is 1.84. The number of amides is 2. The van der Waals surface area contributed by atoms with Gasteiger partial charge in [-0.2, -0.15) is 0 Å². The Morgan fingerprint density at radius 2 is 1.58 bits per heavy atom. The molecule has 1 N–H and O–H groups in total. The average Bonchev–Trinajstić information content (AvgIpc) is 2.88. The van der Waals surface area contributed by atoms with Gasteiger partial charge in [0.15, 0.2) is 0 Å². The summed E-state index contributed by atoms with van der Waals surface area (Å²) < 4.78 is 28.6. The molecular formula is C28H31Cl2N3O4S. The van der Waals surface area contributed by atoms with Crippen LogP contribution >= 0.6 is 23.2 Å². The minimum atomic E-state index is -4.15. The molecule has 1 atom stereocenters. The third kappa shape index (κ3) is 7.49. The molecular weight excluding hydrogens is 545 g/mol. The second-order valence-electron chi connectivity index (χ2n) is 8.92. The fourth-order valence-electron chi connectivity index (χ4n) is 3.81. The predicted molar refractivity (Wildman–Crippen MR) is 152 cm³/mol. The number of sulfonamides is 1. The van der Waals surface area contributed by atoms with E-state index in [1.54, 1.807) is 61.5 Å². The van der Waals surface area contributed by atoms with Gasteiger partial charge >= 0.3 is 0 Å². The van der Waals surface area contributed by atoms with E-state index in [0.717, 1.165) is 16.3 Å². The van der Waals surface area contributed by atoms with Crippen LogP contribution in [0.2, 0.25) is 10.0 Å². The highest BCUT2D eigenvalue weighted by Gasteiger charge is 2.32. The maximum Gasteiger partial charge on any atom is 0.264 e. The standard InChI is InChI=1S/C28H31Cl2N3O4S/c1-4-15-31-28(35)21(3)32(18-22-7-5-8-23(29)16-22)27(34)19-33(25-10-6-9-24(30)17-25)38(36,37)26-13-11-20(2)12-14-26/h5-14,16-17,21H,4,15,18-19H2,1-3H3,(H,31,35). The van der Waals surface area contributed by atoms with Gasteiger partial charge in [0.05, 0.1) is 10.6 Å². The van der Waals surface area contributed by atoms with Crippen LogP contribution in [-0.2, 0) is 26.2 Å². The van der Waals surface area contributed by atoms with Gasteiger partial charge in [0.2, 0.25) is 11.8 Å². The van der Waals surface area contributed by atoms with Crippen LogP contribution in [0.15, 0.2) is 77.7 Å². The molecule has 7 nitrogen and oxygen atoms in total. The van der Waals surface area contributed by atoms with E-state index in [4.69, 9.17) is 23.2 Å². The van der Waals surface area contributed by atoms with E-state index in [2.05, 4.69) is 5.32 Å². The molecule has 0 aromatic heterocycles. The van der Waals surface area contributed by atoms with Crippen LogP contribution in [0.4, 0.5) is 5.69 Å². The van der Waals surface area contributed by atoms with Crippen molar-refractivity contribution in [3.05, 3.63) is 94.0 Å². The first-order valence-electron chi connectivity index (χ1n) is 12.2. The minimum Gasteiger partial charge on any atom is -0.354 e. The maximum absolute atomic E-state index is 13.8. The van der Waals surface area contributed by atoms with Gasteiger partial charge in [-0.05, 0) is 68.3 Å². The Hall–Kier alpha value is -3.07. The quantitative estimate of drug-likeness (QED) is 0.330. The molecule has 38 heavy (non-hydrogen) atoms. The summed E-state index contributed by atoms with van der Waals surface area (Å²) in [5, 5.41) is 3.62. The van der Waals surface area contributed by atoms with Gasteiger partial charge in [-0.3, -0.25) is 13.9 Å². The molecule has 202 valence electrons. The van der Waals surface area contributed by atoms with Gasteiger partial charge in [0.25, 0.3) is 10.0 Å². The molecule has 0 saturated carbocycles. The smallest absolute Gasteiger partial charge is 0.264 e. The van der Waals surface area contributed by atoms with Crippen molar-refractivity contribution in [2.75, 3.05) is 17.4 Å². The lowest BCUT2D eigenvalue weighted by atomic mass is 10.1. The monoisotopic (exact) mass is 575 g/mol. The van der Waals surface area contributed by atoms with Crippen molar-refractivity contribution in [3.63, 3.8) is 0 Å². The molecule has 3 rings (SSSR count). The number of halogens is 2. The summed E-state index contributed by atoms with van der Waals surface area (Å²) in [4.78, 5) is 28.1. The van der Waals surface area contributed by atoms with Gasteiger partial charge in [-0.1, -0.05) is 66.0 Å². The zero-order valence-electron chi connectivity index (χ0n) is 21.5. The van der Waals surface area contributed by atoms with Crippen molar-refractivity contribution in [2.45, 2.75) is 44.7 Å². The van der Waals surface area contributed by atoms with E-state index in [-0.39, 0.29) is 23.0 Å². The molecule has 0 aliphatic heterocycles. The number of carbonyl (C=O) groups excluding carboxylic acids is 2. The van der Waals surface area contributed by atoms with Gasteiger partial charge < -0.3 is 10.2 Å². The first-order chi connectivity index (χ1) is 18.0. The lowest BCUT2D eigenvalue weighted by molar-refractivity contribution is -0.139. The zero-order chi connectivity index (χ0) is 27.9. The lowest BCUT2D eigenvalue weighted by Crippen LogP contribution is -2.51. The molecule has 3 aromatic rings. The molecule has 0 spiro atoms. The van der Waals surface area contributed by atoms with Crippen molar-refractivity contribution in [2.24, 2.45) is 0 Å². The molecule has 0 radical (unpaired) electrons. The molecule has 0 heterocycles. The van der Waals surface area contributed by atoms with Crippen LogP contribution in [0, 0.1) is 6.92 Å². The highest BCUT2D eigenvalue weighted by molar-refractivity contribution is 7.92. The molecule has 0 bridgehead atoms. The van der Waals surface area contributed by atoms with Gasteiger partial charge in [-0.15, -0.1) is 0 Å². The maximum atomic E-state index is 13.8. The Balaban J connectivity index is 2.02. The topological polar surface area (TPSA) is 86.8 Å². The molecule has 10 heteroatoms. The summed E-state index contributed by atoms with van der Waals surface area (Å²) in [7, 11) is -4.15. The number of anilines is 1. The van der Waals surface area contributed by atoms with Crippen molar-refractivity contribution in [1.82, 2.24) is 10.2 Å². The summed E-state index contributed by atoms with van der Waals surface area (Å²) >= 11 is 12.3. The highest BCUT2D eigenvalue weighted by atomic mass is 35.5. The predicted octanol–water partition coefficient (Wildman–Crippen LogP) is 5.44. The molecule has 0 fully saturated rings. The number of hydrogen-bond acceptors (Lipinski definition) is 4. The van der Waals surface area contributed by atoms with Crippen LogP contribution in [-0.4, -0.2) is 44.3 Å². The molecule has 0 aliphatic carbocycles. The Morgan fingerprint density at radius 3 is 2.18 bits per heavy atom. The molecule has 0 saturated heterocycles. The average molecular weight is 577 g/mol. The second kappa shape index (κ2) is 13.1. The third-order valence-corrected chi connectivity index (χ3v) is 8.20. The third-order valence-electron chi connectivity index (χ3n) is 5.94. The molecule has 2 amide bonds. The number of hydrogen-bond donors (Lipinski definition) is 1. The summed E-state index contributed by atoms with van der Waals surface area (Å²) in [5.74, 6) is -0.891. The number of carbonyl (C=O) groups is 2. The van der Waals surface area contributed by atoms with Gasteiger partial charge in [0.1, 0.15) is 12.6 Å². The zero-order valence-corrected chi connectivity index (χ0v) is 23.9. The van der Waals surface area contributed by atoms with Crippen LogP contribution in [0.5, 0.6) is 0 Å². The summed E-state index contributed by atoms with van der Waals surface area (Å²) in [6, 6.07) is 18.8. The van der Waals surface area contributed by atoms with Crippen LogP contribution in [0.1, 0.15) is 31.4 Å². The Bertz CT molecular complexity index is 1380. The van der Waals surface area contributed by atoms with E-state index in [1.165, 1.54) is 23.1 Å². The Kier molecular flexibility index (Phi) is 10.2. The lowest BCUT2D eigenvalue weighted by Gasteiger charge is -2.32. The van der Waals surface area contributed by atoms with Crippen molar-refractivity contribution < 1.29 is 18.0 Å². The Morgan fingerprint density at radius 1 is 0.947 bits per heavy atom. The normalized spacial score (nSPS) is 12.0. The van der Waals surface area contributed by atoms with Crippen LogP contribution in [0.25, 0.3) is 0 Å². The fraction of sp³-hybridized carbons (Fsp3) is 0.286. The van der Waals surface area contributed by atoms with Crippen LogP contribution in [0.3, 0.4) is 0 Å². The summed E-state index contributed by atoms with van der Waals surface area (Å²) in [6.45, 7) is 5.38. The summed E-state index contributed by atoms with van der Waals surface area (Å²) in [6.07, 6.45) is 0.734. The van der Waals surface area contributed by atoms with E-state index in [9.17, 15) is 18.0 Å². The number of rotatable bonds is 11. The van der Waals surface area contributed by atoms with E-state index in [1.807, 2.05) is 13.8 Å². The second-order valence-corrected chi connectivity index (χ2v) is 11.7. The first kappa shape index (κ1) is 29.5. The van der Waals surface area contributed by atoms with Crippen LogP contribution < -0.4 is 9.62 Å². The van der Waals surface area contributed by atoms with E-state index in [0.29, 0.717) is 22.2 Å². The number of aryl methyl sites for hydroxylation is 1. The van der Waals surface area contributed by atoms with Gasteiger partial charge in [0, 0.05) is 23.1 Å². The number of nitrogens with zero attached hydrogens (tertiary/aromatic N) is 2. The van der Waals surface area contributed by atoms with E-state index >= 15 is 0 Å². The van der Waals surface area contributed by atoms with Crippen molar-refractivity contribution >= 4 is 50.7 Å². The first-order valence-corrected chi connectivity index (χ1v) is 14.4. The largest absolute Gasteiger partial charge is 0.354 e. The van der Waals surface area contributed by atoms with Crippen molar-refractivity contribution in [1.29, 1.82) is 0 Å². The Labute approximate surface area is 234 Å². The molecule has 1 unspecified atom stereocenters.